The zero-order valence-electron chi connectivity index (χ0n) is 16.9. The van der Waals surface area contributed by atoms with Crippen LogP contribution in [0.3, 0.4) is 0 Å². The largest absolute Gasteiger partial charge is 0.325 e. The van der Waals surface area contributed by atoms with Crippen molar-refractivity contribution in [1.82, 2.24) is 19.3 Å². The molecule has 164 valence electrons. The quantitative estimate of drug-likeness (QED) is 0.532. The summed E-state index contributed by atoms with van der Waals surface area (Å²) >= 11 is 1.36. The number of aromatic amines is 2. The summed E-state index contributed by atoms with van der Waals surface area (Å²) in [5, 5.41) is 3.25. The second-order valence-electron chi connectivity index (χ2n) is 7.54. The fourth-order valence-electron chi connectivity index (χ4n) is 3.70. The number of hydrogen-bond donors (Lipinski definition) is 3. The van der Waals surface area contributed by atoms with Gasteiger partial charge in [0.25, 0.3) is 5.56 Å². The van der Waals surface area contributed by atoms with Gasteiger partial charge in [-0.3, -0.25) is 14.6 Å². The number of sulfonamides is 1. The smallest absolute Gasteiger partial charge is 0.310 e. The van der Waals surface area contributed by atoms with Gasteiger partial charge >= 0.3 is 5.69 Å². The highest BCUT2D eigenvalue weighted by Gasteiger charge is 2.36. The Morgan fingerprint density at radius 2 is 2.03 bits per heavy atom. The van der Waals surface area contributed by atoms with E-state index in [0.29, 0.717) is 18.0 Å². The number of piperidine rings is 1. The maximum absolute atomic E-state index is 13.1. The maximum atomic E-state index is 13.1. The lowest BCUT2D eigenvalue weighted by molar-refractivity contribution is -0.120. The van der Waals surface area contributed by atoms with E-state index in [1.807, 2.05) is 30.1 Å². The number of carbonyl (C=O) groups is 1. The molecule has 3 aromatic rings. The molecule has 0 radical (unpaired) electrons. The second-order valence-corrected chi connectivity index (χ2v) is 10.4. The van der Waals surface area contributed by atoms with E-state index in [1.165, 1.54) is 18.3 Å². The third-order valence-corrected chi connectivity index (χ3v) is 8.15. The van der Waals surface area contributed by atoms with Crippen molar-refractivity contribution < 1.29 is 13.2 Å². The van der Waals surface area contributed by atoms with E-state index in [0.717, 1.165) is 20.1 Å². The molecule has 1 unspecified atom stereocenters. The lowest BCUT2D eigenvalue weighted by Gasteiger charge is -2.31. The lowest BCUT2D eigenvalue weighted by Crippen LogP contribution is -2.45. The Morgan fingerprint density at radius 1 is 1.26 bits per heavy atom. The number of fused-ring (bicyclic) bond motifs is 1. The van der Waals surface area contributed by atoms with Crippen molar-refractivity contribution in [1.29, 1.82) is 0 Å². The Bertz CT molecular complexity index is 1390. The van der Waals surface area contributed by atoms with Crippen molar-refractivity contribution in [3.05, 3.63) is 50.3 Å². The molecule has 0 spiro atoms. The van der Waals surface area contributed by atoms with Crippen LogP contribution in [0.25, 0.3) is 10.2 Å². The minimum Gasteiger partial charge on any atom is -0.310 e. The number of carbonyl (C=O) groups excluding carboxylic acids is 1. The van der Waals surface area contributed by atoms with Gasteiger partial charge in [0.15, 0.2) is 10.0 Å². The molecule has 0 saturated carbocycles. The number of nitrogens with zero attached hydrogens (tertiary/aromatic N) is 2. The van der Waals surface area contributed by atoms with Crippen LogP contribution in [-0.4, -0.2) is 46.7 Å². The molecule has 12 heteroatoms. The van der Waals surface area contributed by atoms with Crippen LogP contribution >= 0.6 is 11.3 Å². The molecule has 1 saturated heterocycles. The molecule has 1 aromatic carbocycles. The number of hydrogen-bond acceptors (Lipinski definition) is 7. The predicted octanol–water partition coefficient (Wildman–Crippen LogP) is 1.33. The topological polar surface area (TPSA) is 145 Å². The van der Waals surface area contributed by atoms with Crippen molar-refractivity contribution in [2.75, 3.05) is 18.4 Å². The Morgan fingerprint density at radius 3 is 2.77 bits per heavy atom. The molecule has 1 amide bonds. The van der Waals surface area contributed by atoms with Crippen LogP contribution in [0.5, 0.6) is 0 Å². The van der Waals surface area contributed by atoms with Gasteiger partial charge in [0.1, 0.15) is 0 Å². The van der Waals surface area contributed by atoms with Gasteiger partial charge in [-0.25, -0.2) is 18.2 Å². The van der Waals surface area contributed by atoms with Crippen molar-refractivity contribution in [2.45, 2.75) is 31.6 Å². The van der Waals surface area contributed by atoms with Gasteiger partial charge in [-0.2, -0.15) is 4.31 Å². The summed E-state index contributed by atoms with van der Waals surface area (Å²) in [4.78, 5) is 44.5. The number of anilines is 1. The summed E-state index contributed by atoms with van der Waals surface area (Å²) in [5.41, 5.74) is 0.0901. The van der Waals surface area contributed by atoms with Crippen molar-refractivity contribution >= 4 is 42.6 Å². The third-order valence-electron chi connectivity index (χ3n) is 5.20. The number of aryl methyl sites for hydroxylation is 2. The van der Waals surface area contributed by atoms with Gasteiger partial charge in [-0.05, 0) is 44.4 Å². The van der Waals surface area contributed by atoms with Crippen LogP contribution in [0.2, 0.25) is 0 Å². The molecule has 0 bridgehead atoms. The highest BCUT2D eigenvalue weighted by Crippen LogP contribution is 2.28. The Hall–Kier alpha value is -2.83. The number of thiazole rings is 1. The molecule has 1 fully saturated rings. The average Bonchev–Trinajstić information content (AvgIpc) is 3.08. The average molecular weight is 464 g/mol. The van der Waals surface area contributed by atoms with Gasteiger partial charge in [-0.15, -0.1) is 0 Å². The molecule has 1 aliphatic heterocycles. The second kappa shape index (κ2) is 8.02. The molecular formula is C19H21N5O5S2. The predicted molar refractivity (Wildman–Crippen MR) is 117 cm³/mol. The van der Waals surface area contributed by atoms with Gasteiger partial charge in [0, 0.05) is 18.8 Å². The fraction of sp³-hybridized carbons (Fsp3) is 0.368. The van der Waals surface area contributed by atoms with Crippen LogP contribution in [0.4, 0.5) is 5.13 Å². The van der Waals surface area contributed by atoms with Gasteiger partial charge < -0.3 is 10.3 Å². The Kier molecular flexibility index (Phi) is 5.54. The van der Waals surface area contributed by atoms with Crippen LogP contribution in [-0.2, 0) is 14.8 Å². The number of amides is 1. The fourth-order valence-corrected chi connectivity index (χ4v) is 6.39. The lowest BCUT2D eigenvalue weighted by atomic mass is 9.99. The van der Waals surface area contributed by atoms with Gasteiger partial charge in [0.2, 0.25) is 15.9 Å². The molecule has 3 heterocycles. The highest BCUT2D eigenvalue weighted by molar-refractivity contribution is 7.89. The first-order valence-corrected chi connectivity index (χ1v) is 11.9. The monoisotopic (exact) mass is 463 g/mol. The van der Waals surface area contributed by atoms with E-state index >= 15 is 0 Å². The van der Waals surface area contributed by atoms with Gasteiger partial charge in [0.05, 0.1) is 16.1 Å². The molecule has 0 aliphatic carbocycles. The SMILES string of the molecule is Cc1ccc2nc(NC(=O)C3CCCN(S(=O)(=O)c4c(C)[nH]c(=O)[nH]c4=O)C3)sc2c1. The van der Waals surface area contributed by atoms with Crippen molar-refractivity contribution in [3.63, 3.8) is 0 Å². The van der Waals surface area contributed by atoms with E-state index in [4.69, 9.17) is 0 Å². The van der Waals surface area contributed by atoms with Crippen molar-refractivity contribution in [3.8, 4) is 0 Å². The first-order chi connectivity index (χ1) is 14.6. The number of H-pyrrole nitrogens is 2. The molecule has 4 rings (SSSR count). The number of benzene rings is 1. The minimum atomic E-state index is -4.18. The summed E-state index contributed by atoms with van der Waals surface area (Å²) in [6, 6.07) is 5.81. The zero-order valence-corrected chi connectivity index (χ0v) is 18.5. The number of aromatic nitrogens is 3. The van der Waals surface area contributed by atoms with Crippen LogP contribution in [0.1, 0.15) is 24.1 Å². The van der Waals surface area contributed by atoms with E-state index < -0.39 is 32.1 Å². The van der Waals surface area contributed by atoms with E-state index in [9.17, 15) is 22.8 Å². The normalized spacial score (nSPS) is 17.7. The number of rotatable bonds is 4. The van der Waals surface area contributed by atoms with Crippen LogP contribution in [0.15, 0.2) is 32.7 Å². The summed E-state index contributed by atoms with van der Waals surface area (Å²) in [7, 11) is -4.18. The summed E-state index contributed by atoms with van der Waals surface area (Å²) in [5.74, 6) is -0.901. The summed E-state index contributed by atoms with van der Waals surface area (Å²) < 4.78 is 28.2. The minimum absolute atomic E-state index is 0.0369. The molecular weight excluding hydrogens is 442 g/mol. The van der Waals surface area contributed by atoms with E-state index in [2.05, 4.69) is 15.3 Å². The Balaban J connectivity index is 1.54. The van der Waals surface area contributed by atoms with E-state index in [-0.39, 0.29) is 24.7 Å². The summed E-state index contributed by atoms with van der Waals surface area (Å²) in [6.07, 6.45) is 0.986. The maximum Gasteiger partial charge on any atom is 0.325 e. The standard InChI is InChI=1S/C19H21N5O5S2/c1-10-5-6-13-14(8-10)30-19(21-13)23-16(25)12-4-3-7-24(9-12)31(28,29)15-11(2)20-18(27)22-17(15)26/h5-6,8,12H,3-4,7,9H2,1-2H3,(H,21,23,25)(H2,20,22,26,27). The van der Waals surface area contributed by atoms with Gasteiger partial charge in [-0.1, -0.05) is 17.4 Å². The molecule has 31 heavy (non-hydrogen) atoms. The van der Waals surface area contributed by atoms with Crippen LogP contribution < -0.4 is 16.6 Å². The van der Waals surface area contributed by atoms with Crippen molar-refractivity contribution in [2.24, 2.45) is 5.92 Å². The van der Waals surface area contributed by atoms with E-state index in [1.54, 1.807) is 0 Å². The molecule has 10 nitrogen and oxygen atoms in total. The highest BCUT2D eigenvalue weighted by atomic mass is 32.2. The molecule has 1 aliphatic rings. The van der Waals surface area contributed by atoms with Crippen LogP contribution in [0, 0.1) is 19.8 Å². The first-order valence-electron chi connectivity index (χ1n) is 9.66. The molecule has 2 aromatic heterocycles. The summed E-state index contributed by atoms with van der Waals surface area (Å²) in [6.45, 7) is 3.46. The zero-order chi connectivity index (χ0) is 22.3. The Labute approximate surface area is 181 Å². The number of nitrogens with one attached hydrogen (secondary N) is 3. The third kappa shape index (κ3) is 4.18. The molecule has 3 N–H and O–H groups in total. The first kappa shape index (κ1) is 21.4. The molecule has 1 atom stereocenters.